The van der Waals surface area contributed by atoms with Crippen LogP contribution in [0.1, 0.15) is 15.9 Å². The minimum Gasteiger partial charge on any atom is -0.376 e. The predicted octanol–water partition coefficient (Wildman–Crippen LogP) is 0.996. The molecule has 5 heteroatoms. The number of carbonyl (C=O) groups is 1. The van der Waals surface area contributed by atoms with Crippen LogP contribution in [-0.4, -0.2) is 47.0 Å². The number of amides is 1. The van der Waals surface area contributed by atoms with Gasteiger partial charge < -0.3 is 15.5 Å². The average molecular weight is 263 g/mol. The SMILES string of the molecule is Cc1ccc(C(=O)N2CCN(C(N)=S)CC2)cc1. The summed E-state index contributed by atoms with van der Waals surface area (Å²) >= 11 is 4.93. The topological polar surface area (TPSA) is 49.6 Å². The first-order valence-corrected chi connectivity index (χ1v) is 6.39. The summed E-state index contributed by atoms with van der Waals surface area (Å²) in [6, 6.07) is 7.66. The number of rotatable bonds is 1. The van der Waals surface area contributed by atoms with E-state index in [1.54, 1.807) is 0 Å². The molecule has 1 heterocycles. The maximum Gasteiger partial charge on any atom is 0.253 e. The van der Waals surface area contributed by atoms with Crippen LogP contribution < -0.4 is 5.73 Å². The van der Waals surface area contributed by atoms with E-state index in [4.69, 9.17) is 18.0 Å². The minimum absolute atomic E-state index is 0.0811. The Bertz CT molecular complexity index is 450. The summed E-state index contributed by atoms with van der Waals surface area (Å²) < 4.78 is 0. The van der Waals surface area contributed by atoms with Crippen molar-refractivity contribution in [2.75, 3.05) is 26.2 Å². The van der Waals surface area contributed by atoms with E-state index in [9.17, 15) is 4.79 Å². The van der Waals surface area contributed by atoms with Crippen LogP contribution in [0, 0.1) is 6.92 Å². The van der Waals surface area contributed by atoms with Crippen LogP contribution >= 0.6 is 12.2 Å². The molecule has 4 nitrogen and oxygen atoms in total. The van der Waals surface area contributed by atoms with E-state index in [0.717, 1.165) is 11.1 Å². The molecule has 1 amide bonds. The summed E-state index contributed by atoms with van der Waals surface area (Å²) in [5.41, 5.74) is 7.47. The van der Waals surface area contributed by atoms with Crippen LogP contribution in [-0.2, 0) is 0 Å². The fourth-order valence-electron chi connectivity index (χ4n) is 2.01. The lowest BCUT2D eigenvalue weighted by molar-refractivity contribution is 0.0692. The molecule has 2 rings (SSSR count). The van der Waals surface area contributed by atoms with Crippen molar-refractivity contribution in [1.29, 1.82) is 0 Å². The maximum absolute atomic E-state index is 12.2. The second-order valence-corrected chi connectivity index (χ2v) is 4.90. The van der Waals surface area contributed by atoms with E-state index in [-0.39, 0.29) is 5.91 Å². The summed E-state index contributed by atoms with van der Waals surface area (Å²) in [4.78, 5) is 16.0. The lowest BCUT2D eigenvalue weighted by Crippen LogP contribution is -2.52. The van der Waals surface area contributed by atoms with Gasteiger partial charge in [0.05, 0.1) is 0 Å². The average Bonchev–Trinajstić information content (AvgIpc) is 2.39. The third-order valence-corrected chi connectivity index (χ3v) is 3.44. The zero-order valence-electron chi connectivity index (χ0n) is 10.4. The number of benzene rings is 1. The Hall–Kier alpha value is -1.62. The van der Waals surface area contributed by atoms with Crippen molar-refractivity contribution in [3.8, 4) is 0 Å². The van der Waals surface area contributed by atoms with Gasteiger partial charge in [-0.1, -0.05) is 17.7 Å². The van der Waals surface area contributed by atoms with Gasteiger partial charge in [-0.25, -0.2) is 0 Å². The van der Waals surface area contributed by atoms with Gasteiger partial charge in [0.2, 0.25) is 0 Å². The molecule has 0 aromatic heterocycles. The molecule has 1 fully saturated rings. The summed E-state index contributed by atoms with van der Waals surface area (Å²) in [5.74, 6) is 0.0811. The van der Waals surface area contributed by atoms with E-state index in [1.165, 1.54) is 0 Å². The molecule has 1 aromatic rings. The number of aryl methyl sites for hydroxylation is 1. The Kier molecular flexibility index (Phi) is 3.81. The highest BCUT2D eigenvalue weighted by atomic mass is 32.1. The first-order chi connectivity index (χ1) is 8.58. The smallest absolute Gasteiger partial charge is 0.253 e. The van der Waals surface area contributed by atoms with Crippen molar-refractivity contribution in [2.45, 2.75) is 6.92 Å². The zero-order chi connectivity index (χ0) is 13.1. The number of thiocarbonyl (C=S) groups is 1. The van der Waals surface area contributed by atoms with Crippen molar-refractivity contribution >= 4 is 23.2 Å². The summed E-state index contributed by atoms with van der Waals surface area (Å²) in [6.45, 7) is 4.78. The maximum atomic E-state index is 12.2. The van der Waals surface area contributed by atoms with Crippen molar-refractivity contribution in [3.63, 3.8) is 0 Å². The predicted molar refractivity (Wildman–Crippen MR) is 75.4 cm³/mol. The Balaban J connectivity index is 1.99. The Morgan fingerprint density at radius 1 is 1.11 bits per heavy atom. The number of nitrogens with two attached hydrogens (primary N) is 1. The molecule has 0 spiro atoms. The molecule has 0 bridgehead atoms. The van der Waals surface area contributed by atoms with E-state index < -0.39 is 0 Å². The lowest BCUT2D eigenvalue weighted by atomic mass is 10.1. The van der Waals surface area contributed by atoms with Crippen LogP contribution in [0.3, 0.4) is 0 Å². The molecule has 0 unspecified atom stereocenters. The quantitative estimate of drug-likeness (QED) is 0.768. The van der Waals surface area contributed by atoms with Crippen LogP contribution in [0.25, 0.3) is 0 Å². The zero-order valence-corrected chi connectivity index (χ0v) is 11.2. The van der Waals surface area contributed by atoms with E-state index in [2.05, 4.69) is 0 Å². The first-order valence-electron chi connectivity index (χ1n) is 5.98. The molecule has 0 atom stereocenters. The second kappa shape index (κ2) is 5.35. The molecule has 1 aromatic carbocycles. The normalized spacial score (nSPS) is 15.6. The highest BCUT2D eigenvalue weighted by molar-refractivity contribution is 7.80. The number of hydrogen-bond donors (Lipinski definition) is 1. The van der Waals surface area contributed by atoms with Gasteiger partial charge in [-0.3, -0.25) is 4.79 Å². The summed E-state index contributed by atoms with van der Waals surface area (Å²) in [6.07, 6.45) is 0. The molecule has 1 aliphatic heterocycles. The lowest BCUT2D eigenvalue weighted by Gasteiger charge is -2.35. The molecular weight excluding hydrogens is 246 g/mol. The Morgan fingerprint density at radius 3 is 2.11 bits per heavy atom. The molecule has 18 heavy (non-hydrogen) atoms. The van der Waals surface area contributed by atoms with Crippen molar-refractivity contribution in [3.05, 3.63) is 35.4 Å². The molecular formula is C13H17N3OS. The molecule has 2 N–H and O–H groups in total. The fraction of sp³-hybridized carbons (Fsp3) is 0.385. The van der Waals surface area contributed by atoms with Crippen LogP contribution in [0.5, 0.6) is 0 Å². The van der Waals surface area contributed by atoms with Crippen molar-refractivity contribution in [1.82, 2.24) is 9.80 Å². The number of carbonyl (C=O) groups excluding carboxylic acids is 1. The number of piperazine rings is 1. The van der Waals surface area contributed by atoms with Gasteiger partial charge in [0.15, 0.2) is 5.11 Å². The van der Waals surface area contributed by atoms with E-state index in [0.29, 0.717) is 31.3 Å². The third-order valence-electron chi connectivity index (χ3n) is 3.18. The van der Waals surface area contributed by atoms with Gasteiger partial charge in [0.1, 0.15) is 0 Å². The van der Waals surface area contributed by atoms with E-state index in [1.807, 2.05) is 41.0 Å². The van der Waals surface area contributed by atoms with E-state index >= 15 is 0 Å². The van der Waals surface area contributed by atoms with Crippen molar-refractivity contribution < 1.29 is 4.79 Å². The minimum atomic E-state index is 0.0811. The molecule has 0 saturated carbocycles. The monoisotopic (exact) mass is 263 g/mol. The second-order valence-electron chi connectivity index (χ2n) is 4.48. The highest BCUT2D eigenvalue weighted by Gasteiger charge is 2.22. The molecule has 1 aliphatic rings. The molecule has 96 valence electrons. The summed E-state index contributed by atoms with van der Waals surface area (Å²) in [5, 5.41) is 0.414. The third kappa shape index (κ3) is 2.79. The molecule has 1 saturated heterocycles. The van der Waals surface area contributed by atoms with Crippen molar-refractivity contribution in [2.24, 2.45) is 5.73 Å². The number of nitrogens with zero attached hydrogens (tertiary/aromatic N) is 2. The van der Waals surface area contributed by atoms with Crippen LogP contribution in [0.4, 0.5) is 0 Å². The summed E-state index contributed by atoms with van der Waals surface area (Å²) in [7, 11) is 0. The molecule has 0 aliphatic carbocycles. The van der Waals surface area contributed by atoms with Crippen LogP contribution in [0.2, 0.25) is 0 Å². The highest BCUT2D eigenvalue weighted by Crippen LogP contribution is 2.10. The fourth-order valence-corrected chi connectivity index (χ4v) is 2.19. The molecule has 0 radical (unpaired) electrons. The largest absolute Gasteiger partial charge is 0.376 e. The van der Waals surface area contributed by atoms with Gasteiger partial charge in [0.25, 0.3) is 5.91 Å². The van der Waals surface area contributed by atoms with Crippen LogP contribution in [0.15, 0.2) is 24.3 Å². The first kappa shape index (κ1) is 12.8. The standard InChI is InChI=1S/C13H17N3OS/c1-10-2-4-11(5-3-10)12(17)15-6-8-16(9-7-15)13(14)18/h2-5H,6-9H2,1H3,(H2,14,18). The Morgan fingerprint density at radius 2 is 1.61 bits per heavy atom. The van der Waals surface area contributed by atoms with Gasteiger partial charge in [-0.2, -0.15) is 0 Å². The van der Waals surface area contributed by atoms with Gasteiger partial charge in [-0.05, 0) is 31.3 Å². The Labute approximate surface area is 112 Å². The van der Waals surface area contributed by atoms with Gasteiger partial charge in [-0.15, -0.1) is 0 Å². The van der Waals surface area contributed by atoms with Gasteiger partial charge in [0, 0.05) is 31.7 Å². The number of hydrogen-bond acceptors (Lipinski definition) is 2. The van der Waals surface area contributed by atoms with Gasteiger partial charge >= 0.3 is 0 Å².